The van der Waals surface area contributed by atoms with Crippen LogP contribution in [-0.4, -0.2) is 28.9 Å². The number of nitrogens with zero attached hydrogens (tertiary/aromatic N) is 1. The van der Waals surface area contributed by atoms with E-state index in [1.165, 1.54) is 18.0 Å². The largest absolute Gasteiger partial charge is 0.468 e. The third-order valence-electron chi connectivity index (χ3n) is 1.96. The minimum absolute atomic E-state index is 0.177. The van der Waals surface area contributed by atoms with Gasteiger partial charge >= 0.3 is 5.97 Å². The van der Waals surface area contributed by atoms with Crippen molar-refractivity contribution in [3.8, 4) is 0 Å². The number of aryl methyl sites for hydroxylation is 1. The van der Waals surface area contributed by atoms with Crippen LogP contribution in [-0.2, 0) is 23.0 Å². The molecule has 0 fully saturated rings. The average Bonchev–Trinajstić information content (AvgIpc) is 2.48. The van der Waals surface area contributed by atoms with E-state index in [0.29, 0.717) is 5.56 Å². The summed E-state index contributed by atoms with van der Waals surface area (Å²) in [5.41, 5.74) is 5.80. The van der Waals surface area contributed by atoms with E-state index in [1.807, 2.05) is 0 Å². The van der Waals surface area contributed by atoms with E-state index in [2.05, 4.69) is 9.84 Å². The monoisotopic (exact) mass is 199 g/mol. The van der Waals surface area contributed by atoms with Gasteiger partial charge in [-0.1, -0.05) is 0 Å². The highest BCUT2D eigenvalue weighted by Gasteiger charge is 2.16. The Morgan fingerprint density at radius 1 is 1.79 bits per heavy atom. The Morgan fingerprint density at radius 2 is 2.43 bits per heavy atom. The molecule has 1 aromatic heterocycles. The maximum atomic E-state index is 11.3. The van der Waals surface area contributed by atoms with Crippen molar-refractivity contribution < 1.29 is 9.53 Å². The van der Waals surface area contributed by atoms with Gasteiger partial charge in [0.15, 0.2) is 0 Å². The zero-order chi connectivity index (χ0) is 10.7. The summed E-state index contributed by atoms with van der Waals surface area (Å²) in [5, 5.41) is 2.70. The second kappa shape index (κ2) is 4.10. The summed E-state index contributed by atoms with van der Waals surface area (Å²) in [4.78, 5) is 22.3. The maximum Gasteiger partial charge on any atom is 0.322 e. The molecule has 14 heavy (non-hydrogen) atoms. The number of hydrogen-bond donors (Lipinski definition) is 2. The van der Waals surface area contributed by atoms with Gasteiger partial charge in [-0.2, -0.15) is 0 Å². The first-order valence-corrected chi connectivity index (χ1v) is 4.13. The number of nitrogens with one attached hydrogen (secondary N) is 1. The number of carbonyl (C=O) groups is 1. The Bertz CT molecular complexity index is 379. The quantitative estimate of drug-likeness (QED) is 0.595. The molecule has 6 nitrogen and oxygen atoms in total. The van der Waals surface area contributed by atoms with Crippen molar-refractivity contribution >= 4 is 5.97 Å². The highest BCUT2D eigenvalue weighted by molar-refractivity contribution is 5.75. The SMILES string of the molecule is COC(=O)[C@@H](N)Cc1c[nH]n(C)c1=O. The molecule has 0 aliphatic heterocycles. The predicted molar refractivity (Wildman–Crippen MR) is 49.7 cm³/mol. The van der Waals surface area contributed by atoms with Gasteiger partial charge in [0.25, 0.3) is 5.56 Å². The summed E-state index contributed by atoms with van der Waals surface area (Å²) in [5.74, 6) is -0.520. The first-order valence-electron chi connectivity index (χ1n) is 4.13. The highest BCUT2D eigenvalue weighted by atomic mass is 16.5. The van der Waals surface area contributed by atoms with Crippen molar-refractivity contribution in [1.82, 2.24) is 9.78 Å². The molecule has 0 radical (unpaired) electrons. The maximum absolute atomic E-state index is 11.3. The first-order chi connectivity index (χ1) is 6.56. The summed E-state index contributed by atoms with van der Waals surface area (Å²) in [6.07, 6.45) is 1.72. The molecule has 1 rings (SSSR count). The molecule has 0 spiro atoms. The molecule has 78 valence electrons. The number of carbonyl (C=O) groups excluding carboxylic acids is 1. The topological polar surface area (TPSA) is 90.1 Å². The van der Waals surface area contributed by atoms with Gasteiger partial charge in [0.2, 0.25) is 0 Å². The lowest BCUT2D eigenvalue weighted by Gasteiger charge is -2.05. The van der Waals surface area contributed by atoms with Crippen molar-refractivity contribution in [2.45, 2.75) is 12.5 Å². The van der Waals surface area contributed by atoms with Crippen molar-refractivity contribution in [2.75, 3.05) is 7.11 Å². The Balaban J connectivity index is 2.74. The number of hydrogen-bond acceptors (Lipinski definition) is 4. The van der Waals surface area contributed by atoms with Gasteiger partial charge in [-0.05, 0) is 0 Å². The van der Waals surface area contributed by atoms with E-state index in [1.54, 1.807) is 7.05 Å². The van der Waals surface area contributed by atoms with Crippen LogP contribution in [0.5, 0.6) is 0 Å². The Hall–Kier alpha value is -1.56. The molecule has 0 saturated carbocycles. The predicted octanol–water partition coefficient (Wildman–Crippen LogP) is -1.24. The molecule has 1 heterocycles. The van der Waals surface area contributed by atoms with E-state index >= 15 is 0 Å². The lowest BCUT2D eigenvalue weighted by molar-refractivity contribution is -0.142. The number of rotatable bonds is 3. The Morgan fingerprint density at radius 3 is 2.86 bits per heavy atom. The van der Waals surface area contributed by atoms with Crippen molar-refractivity contribution in [3.05, 3.63) is 22.1 Å². The van der Waals surface area contributed by atoms with Gasteiger partial charge in [0.05, 0.1) is 7.11 Å². The molecular weight excluding hydrogens is 186 g/mol. The summed E-state index contributed by atoms with van der Waals surface area (Å²) < 4.78 is 5.77. The zero-order valence-corrected chi connectivity index (χ0v) is 8.11. The zero-order valence-electron chi connectivity index (χ0n) is 8.11. The molecule has 0 unspecified atom stereocenters. The fraction of sp³-hybridized carbons (Fsp3) is 0.500. The van der Waals surface area contributed by atoms with Crippen LogP contribution in [0, 0.1) is 0 Å². The van der Waals surface area contributed by atoms with Gasteiger partial charge < -0.3 is 15.6 Å². The van der Waals surface area contributed by atoms with Crippen LogP contribution >= 0.6 is 0 Å². The summed E-state index contributed by atoms with van der Waals surface area (Å²) in [6, 6.07) is -0.788. The second-order valence-electron chi connectivity index (χ2n) is 3.00. The van der Waals surface area contributed by atoms with Gasteiger partial charge in [0, 0.05) is 25.2 Å². The van der Waals surface area contributed by atoms with Crippen LogP contribution in [0.25, 0.3) is 0 Å². The fourth-order valence-electron chi connectivity index (χ4n) is 1.13. The molecule has 6 heteroatoms. The molecular formula is C8H13N3O3. The summed E-state index contributed by atoms with van der Waals surface area (Å²) >= 11 is 0. The van der Waals surface area contributed by atoms with E-state index in [9.17, 15) is 9.59 Å². The summed E-state index contributed by atoms with van der Waals surface area (Å²) in [6.45, 7) is 0. The van der Waals surface area contributed by atoms with Gasteiger partial charge in [0.1, 0.15) is 6.04 Å². The lowest BCUT2D eigenvalue weighted by atomic mass is 10.1. The third-order valence-corrected chi connectivity index (χ3v) is 1.96. The third kappa shape index (κ3) is 2.02. The molecule has 0 aromatic carbocycles. The van der Waals surface area contributed by atoms with Crippen LogP contribution in [0.15, 0.2) is 11.0 Å². The number of aromatic amines is 1. The van der Waals surface area contributed by atoms with Crippen LogP contribution in [0.3, 0.4) is 0 Å². The molecule has 3 N–H and O–H groups in total. The first kappa shape index (κ1) is 10.5. The molecule has 0 bridgehead atoms. The Labute approximate surface area is 80.6 Å². The number of ether oxygens (including phenoxy) is 1. The average molecular weight is 199 g/mol. The number of methoxy groups -OCH3 is 1. The van der Waals surface area contributed by atoms with E-state index in [0.717, 1.165) is 0 Å². The molecule has 0 amide bonds. The fourth-order valence-corrected chi connectivity index (χ4v) is 1.13. The van der Waals surface area contributed by atoms with Crippen molar-refractivity contribution in [1.29, 1.82) is 0 Å². The number of aromatic nitrogens is 2. The van der Waals surface area contributed by atoms with Gasteiger partial charge in [-0.25, -0.2) is 0 Å². The summed E-state index contributed by atoms with van der Waals surface area (Å²) in [7, 11) is 2.85. The van der Waals surface area contributed by atoms with E-state index in [-0.39, 0.29) is 12.0 Å². The minimum atomic E-state index is -0.788. The van der Waals surface area contributed by atoms with Crippen LogP contribution < -0.4 is 11.3 Å². The van der Waals surface area contributed by atoms with Crippen molar-refractivity contribution in [2.24, 2.45) is 12.8 Å². The second-order valence-corrected chi connectivity index (χ2v) is 3.00. The normalized spacial score (nSPS) is 12.5. The standard InChI is InChI=1S/C8H13N3O3/c1-11-7(12)5(4-10-11)3-6(9)8(13)14-2/h4,6,10H,3,9H2,1-2H3/t6-/m0/s1. The molecule has 0 aliphatic rings. The van der Waals surface area contributed by atoms with E-state index in [4.69, 9.17) is 5.73 Å². The minimum Gasteiger partial charge on any atom is -0.468 e. The smallest absolute Gasteiger partial charge is 0.322 e. The molecule has 0 saturated heterocycles. The van der Waals surface area contributed by atoms with Gasteiger partial charge in [-0.15, -0.1) is 0 Å². The molecule has 1 atom stereocenters. The van der Waals surface area contributed by atoms with Crippen LogP contribution in [0.2, 0.25) is 0 Å². The molecule has 0 aliphatic carbocycles. The Kier molecular flexibility index (Phi) is 3.08. The van der Waals surface area contributed by atoms with Crippen LogP contribution in [0.1, 0.15) is 5.56 Å². The van der Waals surface area contributed by atoms with Gasteiger partial charge in [-0.3, -0.25) is 14.3 Å². The number of H-pyrrole nitrogens is 1. The van der Waals surface area contributed by atoms with E-state index < -0.39 is 12.0 Å². The van der Waals surface area contributed by atoms with Crippen LogP contribution in [0.4, 0.5) is 0 Å². The number of nitrogens with two attached hydrogens (primary N) is 1. The molecule has 1 aromatic rings. The number of esters is 1. The van der Waals surface area contributed by atoms with Crippen molar-refractivity contribution in [3.63, 3.8) is 0 Å². The highest BCUT2D eigenvalue weighted by Crippen LogP contribution is 1.95. The lowest BCUT2D eigenvalue weighted by Crippen LogP contribution is -2.35.